The third kappa shape index (κ3) is 4.10. The second-order valence-electron chi connectivity index (χ2n) is 8.09. The van der Waals surface area contributed by atoms with Crippen LogP contribution in [-0.4, -0.2) is 33.9 Å². The summed E-state index contributed by atoms with van der Waals surface area (Å²) < 4.78 is 6.57. The van der Waals surface area contributed by atoms with Gasteiger partial charge in [-0.3, -0.25) is 9.59 Å². The van der Waals surface area contributed by atoms with Gasteiger partial charge in [0.25, 0.3) is 5.91 Å². The Morgan fingerprint density at radius 1 is 1.19 bits per heavy atom. The van der Waals surface area contributed by atoms with Crippen LogP contribution in [-0.2, 0) is 22.4 Å². The Hall–Kier alpha value is -3.61. The minimum Gasteiger partial charge on any atom is -0.508 e. The predicted octanol–water partition coefficient (Wildman–Crippen LogP) is 3.72. The molecule has 1 aliphatic rings. The van der Waals surface area contributed by atoms with Gasteiger partial charge in [0.2, 0.25) is 0 Å². The van der Waals surface area contributed by atoms with Crippen molar-refractivity contribution < 1.29 is 19.4 Å². The molecular formula is C25H27N3O4. The summed E-state index contributed by atoms with van der Waals surface area (Å²) in [4.78, 5) is 24.3. The molecule has 4 rings (SSSR count). The van der Waals surface area contributed by atoms with Crippen molar-refractivity contribution >= 4 is 11.9 Å². The molecule has 0 radical (unpaired) electrons. The average Bonchev–Trinajstić information content (AvgIpc) is 3.33. The van der Waals surface area contributed by atoms with Crippen LogP contribution in [0.15, 0.2) is 42.5 Å². The Morgan fingerprint density at radius 2 is 1.94 bits per heavy atom. The van der Waals surface area contributed by atoms with Crippen LogP contribution in [0, 0.1) is 13.8 Å². The Morgan fingerprint density at radius 3 is 2.66 bits per heavy atom. The number of hydrogen-bond acceptors (Lipinski definition) is 5. The molecule has 1 atom stereocenters. The zero-order valence-corrected chi connectivity index (χ0v) is 18.5. The molecule has 3 aromatic rings. The first-order valence-electron chi connectivity index (χ1n) is 10.7. The molecule has 0 bridgehead atoms. The number of methoxy groups -OCH3 is 1. The van der Waals surface area contributed by atoms with Gasteiger partial charge in [-0.05, 0) is 80.1 Å². The fourth-order valence-corrected chi connectivity index (χ4v) is 4.40. The highest BCUT2D eigenvalue weighted by molar-refractivity contribution is 5.94. The molecule has 1 aromatic heterocycles. The number of rotatable bonds is 6. The molecule has 1 amide bonds. The highest BCUT2D eigenvalue weighted by Crippen LogP contribution is 2.36. The number of aromatic hydroxyl groups is 1. The van der Waals surface area contributed by atoms with E-state index in [9.17, 15) is 14.7 Å². The Bertz CT molecular complexity index is 1160. The lowest BCUT2D eigenvalue weighted by molar-refractivity contribution is -0.140. The van der Waals surface area contributed by atoms with E-state index in [1.54, 1.807) is 24.3 Å². The van der Waals surface area contributed by atoms with Gasteiger partial charge in [0, 0.05) is 17.7 Å². The minimum absolute atomic E-state index is 0.0994. The predicted molar refractivity (Wildman–Crippen MR) is 120 cm³/mol. The molecule has 166 valence electrons. The molecule has 7 heteroatoms. The summed E-state index contributed by atoms with van der Waals surface area (Å²) in [7, 11) is 1.39. The lowest BCUT2D eigenvalue weighted by atomic mass is 10.1. The minimum atomic E-state index is -0.244. The number of hydrogen-bond donors (Lipinski definition) is 2. The first kappa shape index (κ1) is 21.6. The van der Waals surface area contributed by atoms with Crippen LogP contribution in [0.3, 0.4) is 0 Å². The van der Waals surface area contributed by atoms with Gasteiger partial charge in [-0.25, -0.2) is 4.68 Å². The maximum atomic E-state index is 12.8. The number of ether oxygens (including phenoxy) is 1. The summed E-state index contributed by atoms with van der Waals surface area (Å²) in [6.45, 7) is 3.90. The summed E-state index contributed by atoms with van der Waals surface area (Å²) in [5, 5.41) is 17.7. The summed E-state index contributed by atoms with van der Waals surface area (Å²) in [6.07, 6.45) is 2.41. The standard InChI is InChI=1S/C25H27N3O4/c1-15-19(12-14-24(30)32-3)16(2)28(27-15)18-9-7-17(8-10-18)25(31)26-22-13-11-21-20(22)5-4-6-23(21)29/h4-10,22,29H,11-14H2,1-3H3,(H,26,31). The number of phenols is 1. The number of carbonyl (C=O) groups excluding carboxylic acids is 2. The maximum Gasteiger partial charge on any atom is 0.305 e. The van der Waals surface area contributed by atoms with Crippen molar-refractivity contribution in [1.82, 2.24) is 15.1 Å². The van der Waals surface area contributed by atoms with Gasteiger partial charge in [0.15, 0.2) is 0 Å². The normalized spacial score (nSPS) is 14.8. The van der Waals surface area contributed by atoms with E-state index < -0.39 is 0 Å². The molecule has 1 aliphatic carbocycles. The zero-order chi connectivity index (χ0) is 22.8. The second-order valence-corrected chi connectivity index (χ2v) is 8.09. The Labute approximate surface area is 187 Å². The second kappa shape index (κ2) is 8.86. The molecule has 2 N–H and O–H groups in total. The fourth-order valence-electron chi connectivity index (χ4n) is 4.40. The largest absolute Gasteiger partial charge is 0.508 e. The first-order valence-corrected chi connectivity index (χ1v) is 10.7. The van der Waals surface area contributed by atoms with E-state index >= 15 is 0 Å². The van der Waals surface area contributed by atoms with Crippen molar-refractivity contribution in [3.63, 3.8) is 0 Å². The number of aromatic nitrogens is 2. The van der Waals surface area contributed by atoms with Gasteiger partial charge in [0.1, 0.15) is 5.75 Å². The van der Waals surface area contributed by atoms with E-state index in [0.717, 1.165) is 46.6 Å². The van der Waals surface area contributed by atoms with Crippen molar-refractivity contribution in [3.8, 4) is 11.4 Å². The highest BCUT2D eigenvalue weighted by atomic mass is 16.5. The van der Waals surface area contributed by atoms with Crippen molar-refractivity contribution in [3.05, 3.63) is 76.1 Å². The van der Waals surface area contributed by atoms with E-state index in [-0.39, 0.29) is 17.9 Å². The van der Waals surface area contributed by atoms with Crippen LogP contribution in [0.1, 0.15) is 57.3 Å². The number of phenolic OH excluding ortho intramolecular Hbond substituents is 1. The Kier molecular flexibility index (Phi) is 5.99. The first-order chi connectivity index (χ1) is 15.4. The van der Waals surface area contributed by atoms with Gasteiger partial charge in [-0.15, -0.1) is 0 Å². The van der Waals surface area contributed by atoms with Crippen molar-refractivity contribution in [1.29, 1.82) is 0 Å². The van der Waals surface area contributed by atoms with Gasteiger partial charge in [-0.2, -0.15) is 5.10 Å². The van der Waals surface area contributed by atoms with Crippen LogP contribution in [0.2, 0.25) is 0 Å². The molecule has 1 heterocycles. The fraction of sp³-hybridized carbons (Fsp3) is 0.320. The number of nitrogens with zero attached hydrogens (tertiary/aromatic N) is 2. The Balaban J connectivity index is 1.48. The van der Waals surface area contributed by atoms with Crippen LogP contribution in [0.4, 0.5) is 0 Å². The molecule has 0 fully saturated rings. The summed E-state index contributed by atoms with van der Waals surface area (Å²) in [5.74, 6) is -0.101. The SMILES string of the molecule is COC(=O)CCc1c(C)nn(-c2ccc(C(=O)NC3CCc4c(O)cccc43)cc2)c1C. The van der Waals surface area contributed by atoms with Crippen molar-refractivity contribution in [2.75, 3.05) is 7.11 Å². The molecule has 0 saturated carbocycles. The number of aryl methyl sites for hydroxylation is 1. The van der Waals surface area contributed by atoms with Gasteiger partial charge < -0.3 is 15.2 Å². The number of nitrogens with one attached hydrogen (secondary N) is 1. The zero-order valence-electron chi connectivity index (χ0n) is 18.5. The highest BCUT2D eigenvalue weighted by Gasteiger charge is 2.26. The summed E-state index contributed by atoms with van der Waals surface area (Å²) in [6, 6.07) is 12.7. The van der Waals surface area contributed by atoms with Crippen LogP contribution in [0.5, 0.6) is 5.75 Å². The number of esters is 1. The lowest BCUT2D eigenvalue weighted by Gasteiger charge is -2.15. The van der Waals surface area contributed by atoms with Crippen LogP contribution < -0.4 is 5.32 Å². The van der Waals surface area contributed by atoms with Gasteiger partial charge >= 0.3 is 5.97 Å². The number of benzene rings is 2. The topological polar surface area (TPSA) is 93.5 Å². The molecule has 32 heavy (non-hydrogen) atoms. The smallest absolute Gasteiger partial charge is 0.305 e. The third-order valence-electron chi connectivity index (χ3n) is 6.17. The average molecular weight is 434 g/mol. The molecule has 0 aliphatic heterocycles. The number of carbonyl (C=O) groups is 2. The molecule has 0 spiro atoms. The summed E-state index contributed by atoms with van der Waals surface area (Å²) >= 11 is 0. The van der Waals surface area contributed by atoms with E-state index in [2.05, 4.69) is 10.4 Å². The van der Waals surface area contributed by atoms with Crippen molar-refractivity contribution in [2.24, 2.45) is 0 Å². The maximum absolute atomic E-state index is 12.8. The van der Waals surface area contributed by atoms with E-state index in [0.29, 0.717) is 24.2 Å². The quantitative estimate of drug-likeness (QED) is 0.578. The summed E-state index contributed by atoms with van der Waals surface area (Å²) in [5.41, 5.74) is 6.18. The van der Waals surface area contributed by atoms with Gasteiger partial charge in [0.05, 0.1) is 24.5 Å². The molecular weight excluding hydrogens is 406 g/mol. The molecule has 1 unspecified atom stereocenters. The molecule has 7 nitrogen and oxygen atoms in total. The molecule has 2 aromatic carbocycles. The lowest BCUT2D eigenvalue weighted by Crippen LogP contribution is -2.27. The van der Waals surface area contributed by atoms with Crippen LogP contribution >= 0.6 is 0 Å². The van der Waals surface area contributed by atoms with Crippen molar-refractivity contribution in [2.45, 2.75) is 45.6 Å². The monoisotopic (exact) mass is 433 g/mol. The van der Waals surface area contributed by atoms with E-state index in [1.165, 1.54) is 7.11 Å². The van der Waals surface area contributed by atoms with E-state index in [4.69, 9.17) is 4.74 Å². The number of amides is 1. The van der Waals surface area contributed by atoms with E-state index in [1.807, 2.05) is 36.7 Å². The van der Waals surface area contributed by atoms with Gasteiger partial charge in [-0.1, -0.05) is 12.1 Å². The van der Waals surface area contributed by atoms with Crippen LogP contribution in [0.25, 0.3) is 5.69 Å². The number of fused-ring (bicyclic) bond motifs is 1. The molecule has 0 saturated heterocycles. The third-order valence-corrected chi connectivity index (χ3v) is 6.17.